The van der Waals surface area contributed by atoms with Crippen LogP contribution in [0, 0.1) is 17.1 Å². The van der Waals surface area contributed by atoms with Crippen molar-refractivity contribution in [2.75, 3.05) is 0 Å². The SMILES string of the molecule is N#Cc1ccc(Oc2nc(Cl)c(C(=O)O)s2)cc1F. The van der Waals surface area contributed by atoms with E-state index in [9.17, 15) is 9.18 Å². The zero-order chi connectivity index (χ0) is 14.0. The number of aromatic carboxylic acids is 1. The van der Waals surface area contributed by atoms with Crippen LogP contribution >= 0.6 is 22.9 Å². The summed E-state index contributed by atoms with van der Waals surface area (Å²) >= 11 is 6.33. The molecule has 96 valence electrons. The number of carbonyl (C=O) groups is 1. The lowest BCUT2D eigenvalue weighted by molar-refractivity contribution is 0.0702. The van der Waals surface area contributed by atoms with Crippen molar-refractivity contribution in [3.8, 4) is 17.0 Å². The van der Waals surface area contributed by atoms with E-state index < -0.39 is 11.8 Å². The Hall–Kier alpha value is -2.17. The summed E-state index contributed by atoms with van der Waals surface area (Å²) in [7, 11) is 0. The van der Waals surface area contributed by atoms with E-state index in [1.807, 2.05) is 0 Å². The molecule has 2 aromatic rings. The number of nitriles is 1. The van der Waals surface area contributed by atoms with Gasteiger partial charge < -0.3 is 9.84 Å². The maximum absolute atomic E-state index is 13.3. The molecule has 0 aliphatic heterocycles. The second kappa shape index (κ2) is 5.22. The van der Waals surface area contributed by atoms with E-state index in [1.165, 1.54) is 12.1 Å². The zero-order valence-electron chi connectivity index (χ0n) is 9.05. The van der Waals surface area contributed by atoms with Crippen LogP contribution in [0.1, 0.15) is 15.2 Å². The molecule has 0 aliphatic carbocycles. The quantitative estimate of drug-likeness (QED) is 0.940. The lowest BCUT2D eigenvalue weighted by Gasteiger charge is -2.01. The smallest absolute Gasteiger partial charge is 0.349 e. The number of hydrogen-bond donors (Lipinski definition) is 1. The van der Waals surface area contributed by atoms with Gasteiger partial charge in [-0.25, -0.2) is 9.18 Å². The van der Waals surface area contributed by atoms with Gasteiger partial charge in [0.05, 0.1) is 5.56 Å². The van der Waals surface area contributed by atoms with E-state index in [1.54, 1.807) is 6.07 Å². The molecule has 0 aliphatic rings. The van der Waals surface area contributed by atoms with Gasteiger partial charge in [0.1, 0.15) is 17.6 Å². The normalized spacial score (nSPS) is 9.95. The van der Waals surface area contributed by atoms with Crippen LogP contribution in [0.15, 0.2) is 18.2 Å². The molecule has 0 radical (unpaired) electrons. The summed E-state index contributed by atoms with van der Waals surface area (Å²) in [5, 5.41) is 17.2. The molecule has 1 aromatic heterocycles. The summed E-state index contributed by atoms with van der Waals surface area (Å²) in [5.41, 5.74) is -0.115. The number of aromatic nitrogens is 1. The Morgan fingerprint density at radius 3 is 2.84 bits per heavy atom. The molecule has 8 heteroatoms. The van der Waals surface area contributed by atoms with Gasteiger partial charge in [-0.2, -0.15) is 10.2 Å². The van der Waals surface area contributed by atoms with Crippen LogP contribution in [0.2, 0.25) is 5.15 Å². The molecule has 2 rings (SSSR count). The minimum Gasteiger partial charge on any atom is -0.477 e. The predicted molar refractivity (Wildman–Crippen MR) is 65.3 cm³/mol. The van der Waals surface area contributed by atoms with Crippen LogP contribution in [-0.2, 0) is 0 Å². The number of nitrogens with zero attached hydrogens (tertiary/aromatic N) is 2. The van der Waals surface area contributed by atoms with E-state index >= 15 is 0 Å². The Morgan fingerprint density at radius 1 is 1.58 bits per heavy atom. The van der Waals surface area contributed by atoms with Crippen LogP contribution < -0.4 is 4.74 Å². The number of hydrogen-bond acceptors (Lipinski definition) is 5. The summed E-state index contributed by atoms with van der Waals surface area (Å²) in [5.74, 6) is -1.86. The summed E-state index contributed by atoms with van der Waals surface area (Å²) in [4.78, 5) is 14.3. The fourth-order valence-corrected chi connectivity index (χ4v) is 2.20. The average Bonchev–Trinajstić information content (AvgIpc) is 2.70. The van der Waals surface area contributed by atoms with Crippen LogP contribution in [0.25, 0.3) is 0 Å². The fraction of sp³-hybridized carbons (Fsp3) is 0. The molecule has 1 aromatic carbocycles. The number of rotatable bonds is 3. The predicted octanol–water partition coefficient (Wildman–Crippen LogP) is 3.30. The van der Waals surface area contributed by atoms with Crippen molar-refractivity contribution in [1.29, 1.82) is 5.26 Å². The van der Waals surface area contributed by atoms with E-state index in [4.69, 9.17) is 26.7 Å². The third-order valence-corrected chi connectivity index (χ3v) is 3.33. The molecule has 1 heterocycles. The van der Waals surface area contributed by atoms with Gasteiger partial charge >= 0.3 is 5.97 Å². The summed E-state index contributed by atoms with van der Waals surface area (Å²) < 4.78 is 18.5. The topological polar surface area (TPSA) is 83.2 Å². The van der Waals surface area contributed by atoms with Gasteiger partial charge in [0.25, 0.3) is 5.19 Å². The monoisotopic (exact) mass is 298 g/mol. The molecule has 0 amide bonds. The molecule has 0 spiro atoms. The van der Waals surface area contributed by atoms with Crippen molar-refractivity contribution in [2.45, 2.75) is 0 Å². The third kappa shape index (κ3) is 2.81. The lowest BCUT2D eigenvalue weighted by Crippen LogP contribution is -1.91. The number of ether oxygens (including phenoxy) is 1. The Kier molecular flexibility index (Phi) is 3.64. The highest BCUT2D eigenvalue weighted by molar-refractivity contribution is 7.15. The first-order valence-corrected chi connectivity index (χ1v) is 5.98. The van der Waals surface area contributed by atoms with E-state index in [-0.39, 0.29) is 26.5 Å². The van der Waals surface area contributed by atoms with Crippen LogP contribution in [0.5, 0.6) is 10.9 Å². The fourth-order valence-electron chi connectivity index (χ4n) is 1.21. The second-order valence-corrected chi connectivity index (χ2v) is 4.58. The average molecular weight is 299 g/mol. The first kappa shape index (κ1) is 13.3. The van der Waals surface area contributed by atoms with Gasteiger partial charge in [0.2, 0.25) is 0 Å². The van der Waals surface area contributed by atoms with Crippen LogP contribution in [0.4, 0.5) is 4.39 Å². The molecule has 5 nitrogen and oxygen atoms in total. The number of carboxylic acid groups (broad SMARTS) is 1. The van der Waals surface area contributed by atoms with Gasteiger partial charge in [-0.15, -0.1) is 0 Å². The molecule has 0 saturated carbocycles. The van der Waals surface area contributed by atoms with Crippen molar-refractivity contribution >= 4 is 28.9 Å². The number of thiazole rings is 1. The summed E-state index contributed by atoms with van der Waals surface area (Å²) in [6.45, 7) is 0. The first-order valence-electron chi connectivity index (χ1n) is 4.78. The minimum absolute atomic E-state index is 0.0218. The zero-order valence-corrected chi connectivity index (χ0v) is 10.6. The molecule has 0 saturated heterocycles. The Balaban J connectivity index is 2.27. The maximum atomic E-state index is 13.3. The van der Waals surface area contributed by atoms with Crippen LogP contribution in [0.3, 0.4) is 0 Å². The van der Waals surface area contributed by atoms with Crippen molar-refractivity contribution in [1.82, 2.24) is 4.98 Å². The largest absolute Gasteiger partial charge is 0.477 e. The first-order chi connectivity index (χ1) is 9.01. The van der Waals surface area contributed by atoms with Crippen molar-refractivity contribution in [3.63, 3.8) is 0 Å². The van der Waals surface area contributed by atoms with Gasteiger partial charge in [-0.3, -0.25) is 0 Å². The highest BCUT2D eigenvalue weighted by atomic mass is 35.5. The molecule has 1 N–H and O–H groups in total. The van der Waals surface area contributed by atoms with E-state index in [0.29, 0.717) is 0 Å². The van der Waals surface area contributed by atoms with Crippen molar-refractivity contribution in [2.24, 2.45) is 0 Å². The molecule has 0 atom stereocenters. The van der Waals surface area contributed by atoms with Crippen molar-refractivity contribution < 1.29 is 19.0 Å². The van der Waals surface area contributed by atoms with E-state index in [0.717, 1.165) is 17.4 Å². The molecule has 0 fully saturated rings. The standard InChI is InChI=1S/C11H4ClFN2O3S/c12-9-8(10(16)17)19-11(15-9)18-6-2-1-5(4-14)7(13)3-6/h1-3H,(H,16,17). The van der Waals surface area contributed by atoms with Crippen molar-refractivity contribution in [3.05, 3.63) is 39.6 Å². The number of carboxylic acids is 1. The van der Waals surface area contributed by atoms with Crippen LogP contribution in [-0.4, -0.2) is 16.1 Å². The number of benzene rings is 1. The molecule has 19 heavy (non-hydrogen) atoms. The lowest BCUT2D eigenvalue weighted by atomic mass is 10.2. The molecular formula is C11H4ClFN2O3S. The maximum Gasteiger partial charge on any atom is 0.349 e. The van der Waals surface area contributed by atoms with E-state index in [2.05, 4.69) is 4.98 Å². The van der Waals surface area contributed by atoms with Gasteiger partial charge in [0, 0.05) is 6.07 Å². The minimum atomic E-state index is -1.22. The summed E-state index contributed by atoms with van der Waals surface area (Å²) in [6, 6.07) is 5.30. The second-order valence-electron chi connectivity index (χ2n) is 3.26. The third-order valence-electron chi connectivity index (χ3n) is 2.03. The summed E-state index contributed by atoms with van der Waals surface area (Å²) in [6.07, 6.45) is 0. The molecule has 0 bridgehead atoms. The Bertz CT molecular complexity index is 696. The Morgan fingerprint density at radius 2 is 2.32 bits per heavy atom. The number of halogens is 2. The van der Waals surface area contributed by atoms with Gasteiger partial charge in [-0.1, -0.05) is 22.9 Å². The Labute approximate surface area is 115 Å². The highest BCUT2D eigenvalue weighted by Gasteiger charge is 2.17. The highest BCUT2D eigenvalue weighted by Crippen LogP contribution is 2.32. The molecule has 0 unspecified atom stereocenters. The molecular weight excluding hydrogens is 295 g/mol. The van der Waals surface area contributed by atoms with Gasteiger partial charge in [-0.05, 0) is 12.1 Å². The van der Waals surface area contributed by atoms with Gasteiger partial charge in [0.15, 0.2) is 10.0 Å².